The van der Waals surface area contributed by atoms with E-state index in [0.29, 0.717) is 6.42 Å². The van der Waals surface area contributed by atoms with Crippen molar-refractivity contribution >= 4 is 17.6 Å². The molecule has 1 unspecified atom stereocenters. The van der Waals surface area contributed by atoms with Crippen LogP contribution in [-0.2, 0) is 14.4 Å². The first-order valence-corrected chi connectivity index (χ1v) is 8.29. The van der Waals surface area contributed by atoms with Crippen molar-refractivity contribution in [1.82, 2.24) is 10.6 Å². The van der Waals surface area contributed by atoms with E-state index < -0.39 is 17.5 Å². The summed E-state index contributed by atoms with van der Waals surface area (Å²) in [5.74, 6) is -0.557. The van der Waals surface area contributed by atoms with Crippen LogP contribution in [0.1, 0.15) is 68.7 Å². The molecule has 0 saturated carbocycles. The molecular weight excluding hydrogens is 292 g/mol. The van der Waals surface area contributed by atoms with Crippen molar-refractivity contribution in [2.45, 2.75) is 80.8 Å². The van der Waals surface area contributed by atoms with E-state index in [-0.39, 0.29) is 28.9 Å². The summed E-state index contributed by atoms with van der Waals surface area (Å²) in [7, 11) is 0. The quantitative estimate of drug-likeness (QED) is 0.788. The van der Waals surface area contributed by atoms with E-state index >= 15 is 0 Å². The summed E-state index contributed by atoms with van der Waals surface area (Å²) in [6, 6.07) is -1.22. The van der Waals surface area contributed by atoms with Crippen molar-refractivity contribution < 1.29 is 14.4 Å². The molecule has 0 rings (SSSR count). The van der Waals surface area contributed by atoms with Crippen molar-refractivity contribution in [1.29, 1.82) is 0 Å². The molecule has 5 heteroatoms. The van der Waals surface area contributed by atoms with Gasteiger partial charge >= 0.3 is 0 Å². The van der Waals surface area contributed by atoms with Crippen LogP contribution in [0, 0.1) is 16.7 Å². The van der Waals surface area contributed by atoms with E-state index in [1.807, 2.05) is 55.4 Å². The van der Waals surface area contributed by atoms with Gasteiger partial charge in [0.25, 0.3) is 0 Å². The highest BCUT2D eigenvalue weighted by molar-refractivity contribution is 5.94. The van der Waals surface area contributed by atoms with Crippen molar-refractivity contribution in [2.24, 2.45) is 16.7 Å². The molecule has 0 aromatic rings. The van der Waals surface area contributed by atoms with E-state index in [4.69, 9.17) is 0 Å². The second kappa shape index (κ2) is 7.93. The topological polar surface area (TPSA) is 75.3 Å². The highest BCUT2D eigenvalue weighted by atomic mass is 16.2. The van der Waals surface area contributed by atoms with E-state index in [0.717, 1.165) is 0 Å². The average molecular weight is 326 g/mol. The summed E-state index contributed by atoms with van der Waals surface area (Å²) in [5.41, 5.74) is -0.660. The predicted molar refractivity (Wildman–Crippen MR) is 92.9 cm³/mol. The maximum Gasteiger partial charge on any atom is 0.243 e. The molecule has 0 aliphatic rings. The first kappa shape index (κ1) is 21.6. The van der Waals surface area contributed by atoms with Gasteiger partial charge in [0.15, 0.2) is 5.78 Å². The van der Waals surface area contributed by atoms with Gasteiger partial charge in [-0.05, 0) is 18.3 Å². The molecule has 0 heterocycles. The molecule has 0 bridgehead atoms. The Kier molecular flexibility index (Phi) is 7.45. The van der Waals surface area contributed by atoms with Gasteiger partial charge in [-0.2, -0.15) is 0 Å². The van der Waals surface area contributed by atoms with E-state index in [1.165, 1.54) is 0 Å². The van der Waals surface area contributed by atoms with E-state index in [2.05, 4.69) is 10.6 Å². The third-order valence-corrected chi connectivity index (χ3v) is 3.45. The molecule has 0 fully saturated rings. The lowest BCUT2D eigenvalue weighted by atomic mass is 9.87. The average Bonchev–Trinajstić information content (AvgIpc) is 2.30. The molecule has 0 spiro atoms. The van der Waals surface area contributed by atoms with Gasteiger partial charge in [0.05, 0.1) is 6.04 Å². The Morgan fingerprint density at radius 2 is 1.35 bits per heavy atom. The highest BCUT2D eigenvalue weighted by Gasteiger charge is 2.31. The van der Waals surface area contributed by atoms with Crippen LogP contribution in [-0.4, -0.2) is 29.7 Å². The van der Waals surface area contributed by atoms with E-state index in [9.17, 15) is 14.4 Å². The second-order valence-corrected chi connectivity index (χ2v) is 8.87. The molecule has 5 nitrogen and oxygen atoms in total. The molecule has 0 aliphatic heterocycles. The summed E-state index contributed by atoms with van der Waals surface area (Å²) >= 11 is 0. The molecule has 23 heavy (non-hydrogen) atoms. The number of hydrogen-bond donors (Lipinski definition) is 2. The molecule has 2 amide bonds. The van der Waals surface area contributed by atoms with Crippen LogP contribution in [0.2, 0.25) is 0 Å². The van der Waals surface area contributed by atoms with Crippen molar-refractivity contribution in [3.63, 3.8) is 0 Å². The lowest BCUT2D eigenvalue weighted by Crippen LogP contribution is -2.54. The zero-order valence-electron chi connectivity index (χ0n) is 16.2. The molecular formula is C18H34N2O3. The SMILES string of the molecule is CC(C)C(NC(=O)CC(C)(C)C)C(=O)N[C@@H](C)C(=O)C(C)(C)C. The van der Waals surface area contributed by atoms with Gasteiger partial charge in [-0.3, -0.25) is 14.4 Å². The fourth-order valence-corrected chi connectivity index (χ4v) is 2.26. The third kappa shape index (κ3) is 8.14. The predicted octanol–water partition coefficient (Wildman–Crippen LogP) is 2.68. The van der Waals surface area contributed by atoms with Crippen LogP contribution in [0.15, 0.2) is 0 Å². The normalized spacial score (nSPS) is 15.0. The minimum Gasteiger partial charge on any atom is -0.345 e. The van der Waals surface area contributed by atoms with Crippen LogP contribution in [0.4, 0.5) is 0 Å². The molecule has 0 radical (unpaired) electrons. The van der Waals surface area contributed by atoms with Crippen LogP contribution in [0.5, 0.6) is 0 Å². The number of nitrogens with one attached hydrogen (secondary N) is 2. The number of carbonyl (C=O) groups is 3. The molecule has 0 aromatic carbocycles. The number of ketones is 1. The lowest BCUT2D eigenvalue weighted by molar-refractivity contribution is -0.134. The largest absolute Gasteiger partial charge is 0.345 e. The maximum atomic E-state index is 12.4. The van der Waals surface area contributed by atoms with E-state index in [1.54, 1.807) is 6.92 Å². The van der Waals surface area contributed by atoms with Gasteiger partial charge in [-0.15, -0.1) is 0 Å². The number of amides is 2. The Labute approximate surface area is 141 Å². The molecule has 2 atom stereocenters. The standard InChI is InChI=1S/C18H34N2O3/c1-11(2)14(20-13(21)10-17(4,5)6)16(23)19-12(3)15(22)18(7,8)9/h11-12,14H,10H2,1-9H3,(H,19,23)(H,20,21)/t12-,14?/m0/s1. The summed E-state index contributed by atoms with van der Waals surface area (Å²) in [4.78, 5) is 36.7. The summed E-state index contributed by atoms with van der Waals surface area (Å²) in [6.45, 7) is 16.8. The lowest BCUT2D eigenvalue weighted by Gasteiger charge is -2.27. The van der Waals surface area contributed by atoms with Gasteiger partial charge in [0, 0.05) is 11.8 Å². The Balaban J connectivity index is 4.88. The molecule has 0 aromatic heterocycles. The number of rotatable bonds is 6. The van der Waals surface area contributed by atoms with Gasteiger partial charge < -0.3 is 10.6 Å². The van der Waals surface area contributed by atoms with Crippen molar-refractivity contribution in [2.75, 3.05) is 0 Å². The van der Waals surface area contributed by atoms with Gasteiger partial charge in [0.1, 0.15) is 6.04 Å². The summed E-state index contributed by atoms with van der Waals surface area (Å²) in [5, 5.41) is 5.53. The molecule has 134 valence electrons. The number of Topliss-reactive ketones (excluding diaryl/α,β-unsaturated/α-hetero) is 1. The smallest absolute Gasteiger partial charge is 0.243 e. The second-order valence-electron chi connectivity index (χ2n) is 8.87. The van der Waals surface area contributed by atoms with Crippen molar-refractivity contribution in [3.05, 3.63) is 0 Å². The maximum absolute atomic E-state index is 12.4. The number of carbonyl (C=O) groups excluding carboxylic acids is 3. The monoisotopic (exact) mass is 326 g/mol. The zero-order chi connectivity index (χ0) is 18.6. The molecule has 0 saturated heterocycles. The fourth-order valence-electron chi connectivity index (χ4n) is 2.26. The summed E-state index contributed by atoms with van der Waals surface area (Å²) < 4.78 is 0. The highest BCUT2D eigenvalue weighted by Crippen LogP contribution is 2.19. The van der Waals surface area contributed by atoms with Crippen LogP contribution in [0.3, 0.4) is 0 Å². The van der Waals surface area contributed by atoms with Gasteiger partial charge in [-0.25, -0.2) is 0 Å². The van der Waals surface area contributed by atoms with Gasteiger partial charge in [-0.1, -0.05) is 55.4 Å². The minimum absolute atomic E-state index is 0.0330. The third-order valence-electron chi connectivity index (χ3n) is 3.45. The van der Waals surface area contributed by atoms with Crippen LogP contribution < -0.4 is 10.6 Å². The Hall–Kier alpha value is -1.39. The molecule has 2 N–H and O–H groups in total. The van der Waals surface area contributed by atoms with Crippen molar-refractivity contribution in [3.8, 4) is 0 Å². The summed E-state index contributed by atoms with van der Waals surface area (Å²) in [6.07, 6.45) is 0.347. The first-order valence-electron chi connectivity index (χ1n) is 8.29. The minimum atomic E-state index is -0.639. The zero-order valence-corrected chi connectivity index (χ0v) is 16.2. The Morgan fingerprint density at radius 3 is 1.70 bits per heavy atom. The number of hydrogen-bond acceptors (Lipinski definition) is 3. The Bertz CT molecular complexity index is 442. The van der Waals surface area contributed by atoms with Gasteiger partial charge in [0.2, 0.25) is 11.8 Å². The van der Waals surface area contributed by atoms with Crippen LogP contribution in [0.25, 0.3) is 0 Å². The molecule has 0 aliphatic carbocycles. The first-order chi connectivity index (χ1) is 10.1. The Morgan fingerprint density at radius 1 is 0.870 bits per heavy atom. The van der Waals surface area contributed by atoms with Crippen LogP contribution >= 0.6 is 0 Å². The fraction of sp³-hybridized carbons (Fsp3) is 0.833.